The van der Waals surface area contributed by atoms with Crippen molar-refractivity contribution in [1.29, 1.82) is 0 Å². The van der Waals surface area contributed by atoms with Crippen LogP contribution in [0.4, 0.5) is 0 Å². The van der Waals surface area contributed by atoms with Crippen LogP contribution >= 0.6 is 0 Å². The molecule has 0 atom stereocenters. The van der Waals surface area contributed by atoms with Crippen LogP contribution in [0.5, 0.6) is 46.0 Å². The molecule has 4 aromatic rings. The van der Waals surface area contributed by atoms with Crippen LogP contribution in [0.1, 0.15) is 353 Å². The zero-order chi connectivity index (χ0) is 74.5. The number of unbranched alkanes of at least 4 members (excludes halogenated alkanes) is 32. The van der Waals surface area contributed by atoms with E-state index in [1.807, 2.05) is 24.3 Å². The first-order chi connectivity index (χ1) is 51.2. The van der Waals surface area contributed by atoms with E-state index in [0.29, 0.717) is 71.7 Å². The highest BCUT2D eigenvalue weighted by molar-refractivity contribution is 5.63. The number of ether oxygens (including phenoxy) is 8. The number of aliphatic hydroxyl groups excluding tert-OH is 8. The van der Waals surface area contributed by atoms with Gasteiger partial charge in [0, 0.05) is 92.4 Å². The first-order valence-corrected chi connectivity index (χ1v) is 41.9. The van der Waals surface area contributed by atoms with E-state index in [0.717, 1.165) is 147 Å². The molecule has 592 valence electrons. The van der Waals surface area contributed by atoms with Gasteiger partial charge in [-0.15, -0.1) is 0 Å². The van der Waals surface area contributed by atoms with E-state index in [1.165, 1.54) is 128 Å². The summed E-state index contributed by atoms with van der Waals surface area (Å²) in [7, 11) is 0. The third-order valence-corrected chi connectivity index (χ3v) is 20.7. The smallest absolute Gasteiger partial charge is 0.126 e. The summed E-state index contributed by atoms with van der Waals surface area (Å²) in [6, 6.07) is 16.8. The monoisotopic (exact) mass is 1460 g/mol. The lowest BCUT2D eigenvalue weighted by atomic mass is 9.76. The van der Waals surface area contributed by atoms with Crippen molar-refractivity contribution < 1.29 is 78.7 Å². The number of aliphatic hydroxyl groups is 8. The molecule has 104 heavy (non-hydrogen) atoms. The van der Waals surface area contributed by atoms with Gasteiger partial charge in [-0.1, -0.05) is 259 Å². The minimum Gasteiger partial charge on any atom is -0.491 e. The number of rotatable bonds is 64. The number of hydrogen-bond donors (Lipinski definition) is 8. The topological polar surface area (TPSA) is 236 Å². The van der Waals surface area contributed by atoms with Crippen LogP contribution in [-0.4, -0.2) is 147 Å². The summed E-state index contributed by atoms with van der Waals surface area (Å²) < 4.78 is 54.6. The van der Waals surface area contributed by atoms with Crippen LogP contribution in [0.2, 0.25) is 0 Å². The number of benzene rings is 4. The molecule has 8 bridgehead atoms. The molecule has 0 saturated heterocycles. The second-order valence-corrected chi connectivity index (χ2v) is 29.0. The van der Waals surface area contributed by atoms with Gasteiger partial charge in [-0.05, 0) is 49.9 Å². The lowest BCUT2D eigenvalue weighted by molar-refractivity contribution is 0.190. The van der Waals surface area contributed by atoms with Gasteiger partial charge in [0.2, 0.25) is 0 Å². The molecule has 0 fully saturated rings. The molecule has 1 aliphatic carbocycles. The highest BCUT2D eigenvalue weighted by Crippen LogP contribution is 2.54. The van der Waals surface area contributed by atoms with Crippen LogP contribution in [0, 0.1) is 0 Å². The van der Waals surface area contributed by atoms with Gasteiger partial charge in [0.1, 0.15) is 98.9 Å². The molecular formula is C88H144O16. The molecule has 0 aromatic heterocycles. The third kappa shape index (κ3) is 32.0. The van der Waals surface area contributed by atoms with Gasteiger partial charge in [-0.25, -0.2) is 0 Å². The van der Waals surface area contributed by atoms with Crippen molar-refractivity contribution in [2.75, 3.05) is 106 Å². The van der Waals surface area contributed by atoms with Gasteiger partial charge in [0.25, 0.3) is 0 Å². The second kappa shape index (κ2) is 57.1. The fourth-order valence-electron chi connectivity index (χ4n) is 15.4. The molecule has 0 heterocycles. The summed E-state index contributed by atoms with van der Waals surface area (Å²) in [5, 5.41) is 85.8. The largest absolute Gasteiger partial charge is 0.491 e. The third-order valence-electron chi connectivity index (χ3n) is 20.7. The maximum absolute atomic E-state index is 10.7. The standard InChI is InChI=1S/C88H144O16/c1-5-9-13-17-21-25-29-33-37-41-69-73-61-75(83(99-55-47-91)65-81(73)97-53-45-89)70(42-38-34-30-26-22-18-14-10-6-2)77-63-79(87(103-59-51-95)67-85(77)101-57-49-93)72(44-40-36-32-28-24-20-16-12-8-4)80-64-78(86(102-58-50-94)68-88(80)104-60-52-96)71(43-39-35-31-27-23-19-15-11-7-3)76-62-74(69)82(98-54-46-90)66-84(76)100-56-48-92/h61-72,89-96H,5-60H2,1-4H3. The Labute approximate surface area is 628 Å². The molecule has 16 heteroatoms. The highest BCUT2D eigenvalue weighted by atomic mass is 16.5. The predicted octanol–water partition coefficient (Wildman–Crippen LogP) is 19.2. The van der Waals surface area contributed by atoms with E-state index >= 15 is 0 Å². The summed E-state index contributed by atoms with van der Waals surface area (Å²) in [6.07, 6.45) is 42.9. The Morgan fingerprint density at radius 1 is 0.183 bits per heavy atom. The molecule has 4 aromatic carbocycles. The molecule has 5 rings (SSSR count). The van der Waals surface area contributed by atoms with Crippen LogP contribution in [0.25, 0.3) is 0 Å². The van der Waals surface area contributed by atoms with Crippen LogP contribution < -0.4 is 37.9 Å². The number of fused-ring (bicyclic) bond motifs is 8. The number of hydrogen-bond acceptors (Lipinski definition) is 16. The predicted molar refractivity (Wildman–Crippen MR) is 421 cm³/mol. The zero-order valence-electron chi connectivity index (χ0n) is 65.4. The summed E-state index contributed by atoms with van der Waals surface area (Å²) >= 11 is 0. The Morgan fingerprint density at radius 3 is 0.433 bits per heavy atom. The highest BCUT2D eigenvalue weighted by Gasteiger charge is 2.36. The SMILES string of the molecule is CCCCCCCCCCCC1c2cc(c(OCCO)cc2OCCO)C(CCCCCCCCCCC)c2cc(c(OCCO)cc2OCCO)C(CCCCCCCCCCC)c2cc(c(OCCO)cc2OCCO)C(CCCCCCCCCCC)c2cc1c(OCCO)cc2OCCO. The Kier molecular flexibility index (Phi) is 49.2. The Hall–Kier alpha value is -5.04. The van der Waals surface area contributed by atoms with Crippen molar-refractivity contribution in [1.82, 2.24) is 0 Å². The molecule has 8 N–H and O–H groups in total. The second-order valence-electron chi connectivity index (χ2n) is 29.0. The van der Waals surface area contributed by atoms with Gasteiger partial charge in [-0.2, -0.15) is 0 Å². The molecule has 0 spiro atoms. The van der Waals surface area contributed by atoms with Crippen molar-refractivity contribution in [2.24, 2.45) is 0 Å². The maximum Gasteiger partial charge on any atom is 0.126 e. The van der Waals surface area contributed by atoms with Gasteiger partial charge in [0.15, 0.2) is 0 Å². The Bertz CT molecular complexity index is 2310. The van der Waals surface area contributed by atoms with Crippen molar-refractivity contribution in [3.8, 4) is 46.0 Å². The van der Waals surface area contributed by atoms with Crippen molar-refractivity contribution in [2.45, 2.75) is 308 Å². The minimum atomic E-state index is -0.446. The van der Waals surface area contributed by atoms with Gasteiger partial charge in [-0.3, -0.25) is 0 Å². The summed E-state index contributed by atoms with van der Waals surface area (Å²) in [6.45, 7) is 6.87. The molecule has 0 aliphatic heterocycles. The van der Waals surface area contributed by atoms with Crippen LogP contribution in [0.3, 0.4) is 0 Å². The fourth-order valence-corrected chi connectivity index (χ4v) is 15.4. The maximum atomic E-state index is 10.7. The molecule has 16 nitrogen and oxygen atoms in total. The molecule has 0 radical (unpaired) electrons. The molecular weight excluding hydrogens is 1310 g/mol. The van der Waals surface area contributed by atoms with E-state index < -0.39 is 23.7 Å². The van der Waals surface area contributed by atoms with E-state index in [9.17, 15) is 40.9 Å². The van der Waals surface area contributed by atoms with E-state index in [-0.39, 0.29) is 106 Å². The van der Waals surface area contributed by atoms with Gasteiger partial charge >= 0.3 is 0 Å². The summed E-state index contributed by atoms with van der Waals surface area (Å²) in [5.74, 6) is 2.29. The molecule has 1 aliphatic rings. The van der Waals surface area contributed by atoms with E-state index in [1.54, 1.807) is 0 Å². The Balaban J connectivity index is 2.08. The normalized spacial score (nSPS) is 15.0. The average molecular weight is 1460 g/mol. The first kappa shape index (κ1) is 89.6. The van der Waals surface area contributed by atoms with Crippen molar-refractivity contribution in [3.05, 3.63) is 93.0 Å². The minimum absolute atomic E-state index is 0.0125. The van der Waals surface area contributed by atoms with Crippen molar-refractivity contribution >= 4 is 0 Å². The summed E-state index contributed by atoms with van der Waals surface area (Å²) in [5.41, 5.74) is 6.75. The Morgan fingerprint density at radius 2 is 0.308 bits per heavy atom. The lowest BCUT2D eigenvalue weighted by Gasteiger charge is -2.32. The van der Waals surface area contributed by atoms with Crippen molar-refractivity contribution in [3.63, 3.8) is 0 Å². The fraction of sp³-hybridized carbons (Fsp3) is 0.727. The zero-order valence-corrected chi connectivity index (χ0v) is 65.4. The lowest BCUT2D eigenvalue weighted by Crippen LogP contribution is -2.18. The first-order valence-electron chi connectivity index (χ1n) is 41.9. The van der Waals surface area contributed by atoms with Gasteiger partial charge < -0.3 is 78.7 Å². The molecule has 0 unspecified atom stereocenters. The quantitative estimate of drug-likeness (QED) is 0.0192. The van der Waals surface area contributed by atoms with Gasteiger partial charge in [0.05, 0.1) is 52.9 Å². The molecule has 0 amide bonds. The average Bonchev–Trinajstić information content (AvgIpc) is 0.750. The van der Waals surface area contributed by atoms with E-state index in [2.05, 4.69) is 52.0 Å². The van der Waals surface area contributed by atoms with Crippen LogP contribution in [0.15, 0.2) is 48.5 Å². The summed E-state index contributed by atoms with van der Waals surface area (Å²) in [4.78, 5) is 0. The van der Waals surface area contributed by atoms with Crippen LogP contribution in [-0.2, 0) is 0 Å². The molecule has 0 saturated carbocycles. The van der Waals surface area contributed by atoms with E-state index in [4.69, 9.17) is 37.9 Å².